The van der Waals surface area contributed by atoms with Crippen LogP contribution in [0, 0.1) is 0 Å². The SMILES string of the molecule is CCC(C)Nc1ncnc2c1sc1nc3c(cc12)COC(C)C3. The maximum atomic E-state index is 5.75. The van der Waals surface area contributed by atoms with E-state index in [0.29, 0.717) is 12.6 Å². The van der Waals surface area contributed by atoms with E-state index in [-0.39, 0.29) is 6.10 Å². The summed E-state index contributed by atoms with van der Waals surface area (Å²) in [4.78, 5) is 14.9. The van der Waals surface area contributed by atoms with E-state index in [2.05, 4.69) is 42.1 Å². The summed E-state index contributed by atoms with van der Waals surface area (Å²) in [6.07, 6.45) is 3.81. The molecule has 120 valence electrons. The van der Waals surface area contributed by atoms with Gasteiger partial charge >= 0.3 is 0 Å². The van der Waals surface area contributed by atoms with Gasteiger partial charge in [0.25, 0.3) is 0 Å². The molecule has 1 N–H and O–H groups in total. The zero-order valence-electron chi connectivity index (χ0n) is 13.6. The van der Waals surface area contributed by atoms with Crippen LogP contribution in [0.5, 0.6) is 0 Å². The quantitative estimate of drug-likeness (QED) is 0.790. The summed E-state index contributed by atoms with van der Waals surface area (Å²) in [5, 5.41) is 4.59. The maximum absolute atomic E-state index is 5.75. The van der Waals surface area contributed by atoms with Crippen molar-refractivity contribution in [1.82, 2.24) is 15.0 Å². The van der Waals surface area contributed by atoms with Gasteiger partial charge in [0.2, 0.25) is 0 Å². The summed E-state index contributed by atoms with van der Waals surface area (Å²) >= 11 is 1.68. The van der Waals surface area contributed by atoms with Crippen LogP contribution in [-0.2, 0) is 17.8 Å². The fourth-order valence-electron chi connectivity index (χ4n) is 2.88. The highest BCUT2D eigenvalue weighted by molar-refractivity contribution is 7.25. The van der Waals surface area contributed by atoms with E-state index >= 15 is 0 Å². The molecule has 2 atom stereocenters. The van der Waals surface area contributed by atoms with Gasteiger partial charge in [0.05, 0.1) is 28.6 Å². The van der Waals surface area contributed by atoms with Gasteiger partial charge in [-0.1, -0.05) is 6.92 Å². The monoisotopic (exact) mass is 328 g/mol. The number of nitrogens with one attached hydrogen (secondary N) is 1. The molecule has 4 rings (SSSR count). The van der Waals surface area contributed by atoms with Gasteiger partial charge in [0, 0.05) is 23.4 Å². The van der Waals surface area contributed by atoms with Crippen LogP contribution < -0.4 is 5.32 Å². The third-order valence-electron chi connectivity index (χ3n) is 4.41. The first-order valence-electron chi connectivity index (χ1n) is 8.09. The average molecular weight is 328 g/mol. The normalized spacial score (nSPS) is 19.0. The fraction of sp³-hybridized carbons (Fsp3) is 0.471. The van der Waals surface area contributed by atoms with E-state index in [1.165, 1.54) is 5.56 Å². The number of aromatic nitrogens is 3. The van der Waals surface area contributed by atoms with Gasteiger partial charge in [-0.3, -0.25) is 0 Å². The van der Waals surface area contributed by atoms with E-state index in [1.54, 1.807) is 17.7 Å². The minimum atomic E-state index is 0.240. The van der Waals surface area contributed by atoms with Gasteiger partial charge in [-0.15, -0.1) is 11.3 Å². The minimum absolute atomic E-state index is 0.240. The van der Waals surface area contributed by atoms with Crippen molar-refractivity contribution in [1.29, 1.82) is 0 Å². The highest BCUT2D eigenvalue weighted by atomic mass is 32.1. The molecule has 0 bridgehead atoms. The first-order chi connectivity index (χ1) is 11.2. The minimum Gasteiger partial charge on any atom is -0.373 e. The number of rotatable bonds is 3. The molecule has 2 unspecified atom stereocenters. The Labute approximate surface area is 139 Å². The number of anilines is 1. The highest BCUT2D eigenvalue weighted by Gasteiger charge is 2.20. The third-order valence-corrected chi connectivity index (χ3v) is 5.51. The second-order valence-electron chi connectivity index (χ2n) is 6.23. The molecule has 1 aliphatic heterocycles. The van der Waals surface area contributed by atoms with Crippen LogP contribution in [0.25, 0.3) is 20.4 Å². The predicted molar refractivity (Wildman–Crippen MR) is 94.0 cm³/mol. The maximum Gasteiger partial charge on any atom is 0.147 e. The Kier molecular flexibility index (Phi) is 3.66. The standard InChI is InChI=1S/C17H20N4OS/c1-4-9(2)20-16-15-14(18-8-19-16)12-6-11-7-22-10(3)5-13(11)21-17(12)23-15/h6,8-10H,4-5,7H2,1-3H3,(H,18,19,20). The Bertz CT molecular complexity index is 876. The van der Waals surface area contributed by atoms with Crippen molar-refractivity contribution in [3.05, 3.63) is 23.7 Å². The summed E-state index contributed by atoms with van der Waals surface area (Å²) in [6.45, 7) is 7.06. The summed E-state index contributed by atoms with van der Waals surface area (Å²) in [7, 11) is 0. The van der Waals surface area contributed by atoms with Crippen LogP contribution in [0.2, 0.25) is 0 Å². The zero-order chi connectivity index (χ0) is 16.0. The number of nitrogens with zero attached hydrogens (tertiary/aromatic N) is 3. The van der Waals surface area contributed by atoms with Crippen molar-refractivity contribution in [3.8, 4) is 0 Å². The number of thiophene rings is 1. The van der Waals surface area contributed by atoms with Crippen LogP contribution in [0.1, 0.15) is 38.4 Å². The van der Waals surface area contributed by atoms with E-state index in [4.69, 9.17) is 9.72 Å². The van der Waals surface area contributed by atoms with Gasteiger partial charge < -0.3 is 10.1 Å². The molecule has 0 radical (unpaired) electrons. The van der Waals surface area contributed by atoms with Gasteiger partial charge in [-0.05, 0) is 26.3 Å². The molecular formula is C17H20N4OS. The lowest BCUT2D eigenvalue weighted by atomic mass is 10.0. The Balaban J connectivity index is 1.88. The van der Waals surface area contributed by atoms with E-state index in [0.717, 1.165) is 44.8 Å². The molecule has 0 fully saturated rings. The first-order valence-corrected chi connectivity index (χ1v) is 8.91. The molecule has 0 saturated heterocycles. The molecule has 0 aliphatic carbocycles. The molecule has 0 aromatic carbocycles. The van der Waals surface area contributed by atoms with Crippen LogP contribution in [0.15, 0.2) is 12.4 Å². The molecule has 23 heavy (non-hydrogen) atoms. The molecule has 5 nitrogen and oxygen atoms in total. The summed E-state index contributed by atoms with van der Waals surface area (Å²) < 4.78 is 6.84. The fourth-order valence-corrected chi connectivity index (χ4v) is 3.97. The Morgan fingerprint density at radius 2 is 2.30 bits per heavy atom. The lowest BCUT2D eigenvalue weighted by Crippen LogP contribution is -2.20. The van der Waals surface area contributed by atoms with Crippen molar-refractivity contribution in [2.45, 2.75) is 52.4 Å². The van der Waals surface area contributed by atoms with Crippen LogP contribution in [0.3, 0.4) is 0 Å². The topological polar surface area (TPSA) is 59.9 Å². The number of ether oxygens (including phenoxy) is 1. The Morgan fingerprint density at radius 1 is 1.43 bits per heavy atom. The third kappa shape index (κ3) is 2.56. The molecular weight excluding hydrogens is 308 g/mol. The molecule has 3 aromatic rings. The Morgan fingerprint density at radius 3 is 3.13 bits per heavy atom. The van der Waals surface area contributed by atoms with E-state index in [1.807, 2.05) is 0 Å². The largest absolute Gasteiger partial charge is 0.373 e. The van der Waals surface area contributed by atoms with Crippen molar-refractivity contribution in [2.24, 2.45) is 0 Å². The second-order valence-corrected chi connectivity index (χ2v) is 7.23. The van der Waals surface area contributed by atoms with Gasteiger partial charge in [-0.2, -0.15) is 0 Å². The lowest BCUT2D eigenvalue weighted by Gasteiger charge is -2.21. The molecule has 1 aliphatic rings. The lowest BCUT2D eigenvalue weighted by molar-refractivity contribution is 0.0399. The smallest absolute Gasteiger partial charge is 0.147 e. The van der Waals surface area contributed by atoms with Gasteiger partial charge in [0.15, 0.2) is 0 Å². The van der Waals surface area contributed by atoms with Crippen molar-refractivity contribution >= 4 is 37.6 Å². The van der Waals surface area contributed by atoms with Crippen LogP contribution >= 0.6 is 11.3 Å². The molecule has 0 saturated carbocycles. The summed E-state index contributed by atoms with van der Waals surface area (Å²) in [5.41, 5.74) is 3.33. The number of hydrogen-bond acceptors (Lipinski definition) is 6. The summed E-state index contributed by atoms with van der Waals surface area (Å²) in [5.74, 6) is 0.912. The molecule has 3 aromatic heterocycles. The molecule has 4 heterocycles. The average Bonchev–Trinajstić information content (AvgIpc) is 2.91. The van der Waals surface area contributed by atoms with E-state index < -0.39 is 0 Å². The number of pyridine rings is 1. The van der Waals surface area contributed by atoms with Crippen LogP contribution in [0.4, 0.5) is 5.82 Å². The molecule has 6 heteroatoms. The number of fused-ring (bicyclic) bond motifs is 4. The first kappa shape index (κ1) is 14.8. The second kappa shape index (κ2) is 5.69. The van der Waals surface area contributed by atoms with Crippen LogP contribution in [-0.4, -0.2) is 27.1 Å². The van der Waals surface area contributed by atoms with Gasteiger partial charge in [0.1, 0.15) is 17.0 Å². The molecule has 0 spiro atoms. The molecule has 0 amide bonds. The zero-order valence-corrected chi connectivity index (χ0v) is 14.4. The van der Waals surface area contributed by atoms with Crippen molar-refractivity contribution in [3.63, 3.8) is 0 Å². The summed E-state index contributed by atoms with van der Waals surface area (Å²) in [6, 6.07) is 2.58. The highest BCUT2D eigenvalue weighted by Crippen LogP contribution is 2.37. The van der Waals surface area contributed by atoms with Gasteiger partial charge in [-0.25, -0.2) is 15.0 Å². The van der Waals surface area contributed by atoms with Crippen molar-refractivity contribution in [2.75, 3.05) is 5.32 Å². The van der Waals surface area contributed by atoms with Crippen molar-refractivity contribution < 1.29 is 4.74 Å². The number of hydrogen-bond donors (Lipinski definition) is 1. The van der Waals surface area contributed by atoms with E-state index in [9.17, 15) is 0 Å². The predicted octanol–water partition coefficient (Wildman–Crippen LogP) is 3.91. The Hall–Kier alpha value is -1.79.